The molecule has 0 atom stereocenters. The molecule has 1 N–H and O–H groups in total. The highest BCUT2D eigenvalue weighted by atomic mass is 19.3. The summed E-state index contributed by atoms with van der Waals surface area (Å²) in [6.07, 6.45) is 2.73. The lowest BCUT2D eigenvalue weighted by molar-refractivity contribution is -0.125. The van der Waals surface area contributed by atoms with E-state index in [4.69, 9.17) is 0 Å². The first-order valence-corrected chi connectivity index (χ1v) is 8.18. The third kappa shape index (κ3) is 5.91. The molecule has 0 heterocycles. The number of benzene rings is 2. The zero-order chi connectivity index (χ0) is 19.8. The average Bonchev–Trinajstić information content (AvgIpc) is 2.66. The number of nitrogens with zero attached hydrogens (tertiary/aromatic N) is 1. The van der Waals surface area contributed by atoms with Crippen LogP contribution in [0, 0.1) is 0 Å². The van der Waals surface area contributed by atoms with Crippen LogP contribution in [0.25, 0.3) is 6.08 Å². The molecular weight excluding hydrogens is 354 g/mol. The fourth-order valence-corrected chi connectivity index (χ4v) is 2.37. The highest BCUT2D eigenvalue weighted by Crippen LogP contribution is 2.21. The number of halogens is 2. The first-order chi connectivity index (χ1) is 12.9. The van der Waals surface area contributed by atoms with Crippen molar-refractivity contribution in [2.45, 2.75) is 13.2 Å². The molecule has 142 valence electrons. The zero-order valence-corrected chi connectivity index (χ0v) is 15.0. The SMILES string of the molecule is CNC(=O)c1ccc(CN(C)C(=O)/C=C/c2ccccc2OC(F)F)cc1. The highest BCUT2D eigenvalue weighted by molar-refractivity contribution is 5.94. The second-order valence-electron chi connectivity index (χ2n) is 5.72. The molecule has 27 heavy (non-hydrogen) atoms. The molecule has 7 heteroatoms. The Hall–Kier alpha value is -3.22. The van der Waals surface area contributed by atoms with Gasteiger partial charge in [-0.15, -0.1) is 0 Å². The standard InChI is InChI=1S/C20H20F2N2O3/c1-23-19(26)16-9-7-14(8-10-16)13-24(2)18(25)12-11-15-5-3-4-6-17(15)27-20(21)22/h3-12,20H,13H2,1-2H3,(H,23,26)/b12-11+. The summed E-state index contributed by atoms with van der Waals surface area (Å²) in [7, 11) is 3.18. The summed E-state index contributed by atoms with van der Waals surface area (Å²) in [5.74, 6) is -0.472. The minimum atomic E-state index is -2.93. The summed E-state index contributed by atoms with van der Waals surface area (Å²) < 4.78 is 29.3. The normalized spacial score (nSPS) is 10.9. The second kappa shape index (κ2) is 9.47. The lowest BCUT2D eigenvalue weighted by atomic mass is 10.1. The third-order valence-electron chi connectivity index (χ3n) is 3.78. The molecule has 0 spiro atoms. The molecule has 0 fully saturated rings. The molecule has 0 unspecified atom stereocenters. The van der Waals surface area contributed by atoms with Crippen LogP contribution in [-0.4, -0.2) is 37.4 Å². The maximum Gasteiger partial charge on any atom is 0.387 e. The van der Waals surface area contributed by atoms with Gasteiger partial charge in [-0.1, -0.05) is 30.3 Å². The Kier molecular flexibility index (Phi) is 7.05. The number of likely N-dealkylation sites (N-methyl/N-ethyl adjacent to an activating group) is 1. The number of nitrogens with one attached hydrogen (secondary N) is 1. The Bertz CT molecular complexity index is 820. The molecule has 0 bridgehead atoms. The number of alkyl halides is 2. The van der Waals surface area contributed by atoms with Gasteiger partial charge in [-0.05, 0) is 29.8 Å². The molecule has 0 saturated carbocycles. The van der Waals surface area contributed by atoms with Crippen molar-refractivity contribution in [1.82, 2.24) is 10.2 Å². The van der Waals surface area contributed by atoms with Gasteiger partial charge in [-0.25, -0.2) is 0 Å². The number of rotatable bonds is 7. The van der Waals surface area contributed by atoms with E-state index < -0.39 is 6.61 Å². The van der Waals surface area contributed by atoms with Gasteiger partial charge in [0.25, 0.3) is 5.91 Å². The smallest absolute Gasteiger partial charge is 0.387 e. The molecule has 2 rings (SSSR count). The Balaban J connectivity index is 2.01. The van der Waals surface area contributed by atoms with Crippen LogP contribution in [0.2, 0.25) is 0 Å². The molecule has 5 nitrogen and oxygen atoms in total. The average molecular weight is 374 g/mol. The van der Waals surface area contributed by atoms with E-state index in [2.05, 4.69) is 10.1 Å². The van der Waals surface area contributed by atoms with Crippen LogP contribution >= 0.6 is 0 Å². The zero-order valence-electron chi connectivity index (χ0n) is 15.0. The van der Waals surface area contributed by atoms with Crippen LogP contribution in [0.4, 0.5) is 8.78 Å². The van der Waals surface area contributed by atoms with E-state index in [1.165, 1.54) is 23.1 Å². The number of carbonyl (C=O) groups is 2. The van der Waals surface area contributed by atoms with E-state index in [0.29, 0.717) is 17.7 Å². The van der Waals surface area contributed by atoms with Gasteiger partial charge in [0.1, 0.15) is 5.75 Å². The highest BCUT2D eigenvalue weighted by Gasteiger charge is 2.10. The van der Waals surface area contributed by atoms with E-state index in [1.54, 1.807) is 56.6 Å². The minimum Gasteiger partial charge on any atom is -0.434 e. The lowest BCUT2D eigenvalue weighted by Gasteiger charge is -2.15. The molecular formula is C20H20F2N2O3. The van der Waals surface area contributed by atoms with Gasteiger partial charge in [-0.3, -0.25) is 9.59 Å². The van der Waals surface area contributed by atoms with E-state index in [9.17, 15) is 18.4 Å². The monoisotopic (exact) mass is 374 g/mol. The molecule has 0 aliphatic heterocycles. The fraction of sp³-hybridized carbons (Fsp3) is 0.200. The van der Waals surface area contributed by atoms with Crippen molar-refractivity contribution >= 4 is 17.9 Å². The summed E-state index contributed by atoms with van der Waals surface area (Å²) >= 11 is 0. The number of carbonyl (C=O) groups excluding carboxylic acids is 2. The van der Waals surface area contributed by atoms with Crippen LogP contribution in [0.1, 0.15) is 21.5 Å². The summed E-state index contributed by atoms with van der Waals surface area (Å²) in [5.41, 5.74) is 1.77. The molecule has 2 aromatic carbocycles. The van der Waals surface area contributed by atoms with Crippen LogP contribution in [0.5, 0.6) is 5.75 Å². The first kappa shape index (κ1) is 20.1. The summed E-state index contributed by atoms with van der Waals surface area (Å²) in [6, 6.07) is 13.1. The number of para-hydroxylation sites is 1. The van der Waals surface area contributed by atoms with E-state index in [0.717, 1.165) is 5.56 Å². The van der Waals surface area contributed by atoms with Gasteiger partial charge < -0.3 is 15.0 Å². The van der Waals surface area contributed by atoms with Crippen LogP contribution in [0.3, 0.4) is 0 Å². The molecule has 0 aromatic heterocycles. The molecule has 2 aromatic rings. The number of hydrogen-bond acceptors (Lipinski definition) is 3. The Labute approximate surface area is 156 Å². The predicted octanol–water partition coefficient (Wildman–Crippen LogP) is 3.32. The first-order valence-electron chi connectivity index (χ1n) is 8.18. The lowest BCUT2D eigenvalue weighted by Crippen LogP contribution is -2.24. The quantitative estimate of drug-likeness (QED) is 0.757. The van der Waals surface area contributed by atoms with Crippen molar-refractivity contribution in [2.75, 3.05) is 14.1 Å². The summed E-state index contributed by atoms with van der Waals surface area (Å²) in [5, 5.41) is 2.54. The van der Waals surface area contributed by atoms with Gasteiger partial charge in [0.15, 0.2) is 0 Å². The molecule has 0 aliphatic carbocycles. The van der Waals surface area contributed by atoms with Gasteiger partial charge in [-0.2, -0.15) is 8.78 Å². The van der Waals surface area contributed by atoms with E-state index in [-0.39, 0.29) is 17.6 Å². The predicted molar refractivity (Wildman–Crippen MR) is 98.4 cm³/mol. The molecule has 0 radical (unpaired) electrons. The van der Waals surface area contributed by atoms with E-state index >= 15 is 0 Å². The third-order valence-corrected chi connectivity index (χ3v) is 3.78. The topological polar surface area (TPSA) is 58.6 Å². The van der Waals surface area contributed by atoms with Gasteiger partial charge in [0.05, 0.1) is 0 Å². The van der Waals surface area contributed by atoms with Crippen molar-refractivity contribution in [3.63, 3.8) is 0 Å². The van der Waals surface area contributed by atoms with Crippen LogP contribution < -0.4 is 10.1 Å². The molecule has 2 amide bonds. The summed E-state index contributed by atoms with van der Waals surface area (Å²) in [6.45, 7) is -2.59. The number of ether oxygens (including phenoxy) is 1. The van der Waals surface area contributed by atoms with Crippen molar-refractivity contribution < 1.29 is 23.1 Å². The van der Waals surface area contributed by atoms with Gasteiger partial charge in [0.2, 0.25) is 5.91 Å². The van der Waals surface area contributed by atoms with Crippen molar-refractivity contribution in [2.24, 2.45) is 0 Å². The number of amides is 2. The number of hydrogen-bond donors (Lipinski definition) is 1. The Morgan fingerprint density at radius 1 is 1.15 bits per heavy atom. The van der Waals surface area contributed by atoms with Crippen LogP contribution in [0.15, 0.2) is 54.6 Å². The maximum atomic E-state index is 12.4. The molecule has 0 aliphatic rings. The van der Waals surface area contributed by atoms with Crippen LogP contribution in [-0.2, 0) is 11.3 Å². The van der Waals surface area contributed by atoms with Crippen molar-refractivity contribution in [3.8, 4) is 5.75 Å². The Morgan fingerprint density at radius 3 is 2.44 bits per heavy atom. The van der Waals surface area contributed by atoms with E-state index in [1.807, 2.05) is 0 Å². The molecule has 0 saturated heterocycles. The van der Waals surface area contributed by atoms with Crippen molar-refractivity contribution in [3.05, 3.63) is 71.3 Å². The Morgan fingerprint density at radius 2 is 1.81 bits per heavy atom. The minimum absolute atomic E-state index is 0.00370. The fourth-order valence-electron chi connectivity index (χ4n) is 2.37. The maximum absolute atomic E-state index is 12.4. The second-order valence-corrected chi connectivity index (χ2v) is 5.72. The van der Waals surface area contributed by atoms with Gasteiger partial charge in [0, 0.05) is 37.8 Å². The van der Waals surface area contributed by atoms with Crippen molar-refractivity contribution in [1.29, 1.82) is 0 Å². The largest absolute Gasteiger partial charge is 0.434 e. The van der Waals surface area contributed by atoms with Gasteiger partial charge >= 0.3 is 6.61 Å². The summed E-state index contributed by atoms with van der Waals surface area (Å²) in [4.78, 5) is 25.3.